The molecule has 35 heavy (non-hydrogen) atoms. The summed E-state index contributed by atoms with van der Waals surface area (Å²) in [6.45, 7) is -0.0736. The first kappa shape index (κ1) is 26.6. The molecule has 2 aromatic heterocycles. The predicted octanol–water partition coefficient (Wildman–Crippen LogP) is 6.18. The summed E-state index contributed by atoms with van der Waals surface area (Å²) in [7, 11) is 1.59. The number of pyridine rings is 2. The Hall–Kier alpha value is -2.98. The zero-order valence-electron chi connectivity index (χ0n) is 19.1. The zero-order valence-corrected chi connectivity index (χ0v) is 22.3. The minimum Gasteiger partial charge on any atom is -0.540 e. The molecule has 0 radical (unpaired) electrons. The first-order valence-electron chi connectivity index (χ1n) is 10.8. The van der Waals surface area contributed by atoms with Gasteiger partial charge in [0.05, 0.1) is 7.11 Å². The molecule has 0 aliphatic rings. The Labute approximate surface area is 225 Å². The number of aliphatic hydroxyl groups excluding tert-OH is 1. The molecular formula is C29H24N2O2PtS. The van der Waals surface area contributed by atoms with Gasteiger partial charge in [-0.2, -0.15) is 12.6 Å². The molecule has 0 saturated heterocycles. The number of methoxy groups -OCH3 is 1. The van der Waals surface area contributed by atoms with Crippen molar-refractivity contribution in [1.82, 2.24) is 9.97 Å². The first-order chi connectivity index (χ1) is 16.7. The summed E-state index contributed by atoms with van der Waals surface area (Å²) >= 11 is 4.24. The second-order valence-corrected chi connectivity index (χ2v) is 7.78. The number of thiol groups is 1. The monoisotopic (exact) mass is 659 g/mol. The van der Waals surface area contributed by atoms with Crippen LogP contribution in [-0.2, 0) is 33.4 Å². The molecule has 2 heterocycles. The van der Waals surface area contributed by atoms with Crippen molar-refractivity contribution in [1.29, 1.82) is 0 Å². The van der Waals surface area contributed by atoms with Crippen molar-refractivity contribution < 1.29 is 30.9 Å². The van der Waals surface area contributed by atoms with Crippen LogP contribution in [0.25, 0.3) is 33.3 Å². The molecule has 0 fully saturated rings. The molecule has 0 bridgehead atoms. The van der Waals surface area contributed by atoms with Crippen LogP contribution in [0.15, 0.2) is 91.3 Å². The fourth-order valence-corrected chi connectivity index (χ4v) is 3.78. The summed E-state index contributed by atoms with van der Waals surface area (Å²) in [5.41, 5.74) is 5.45. The molecule has 6 heteroatoms. The van der Waals surface area contributed by atoms with Gasteiger partial charge in [0.2, 0.25) is 0 Å². The standard InChI is InChI=1S/C15H10N.C14H14NO2S.Pt/c1-2-7-13(8-3-1)15-14-9-5-4-6-12(14)10-11-16-15;1-17-12-2-3-13(11(7-12)8-16)14-6-10(9-18)4-5-15-14;/h1-7,9-11H;2,4-7,16,18H,8-9H2,1H3;/q2*-1;+2. The molecule has 1 N–H and O–H groups in total. The van der Waals surface area contributed by atoms with Crippen LogP contribution in [0.3, 0.4) is 0 Å². The molecule has 5 rings (SSSR count). The van der Waals surface area contributed by atoms with E-state index in [1.807, 2.05) is 60.8 Å². The van der Waals surface area contributed by atoms with E-state index < -0.39 is 0 Å². The van der Waals surface area contributed by atoms with E-state index in [2.05, 4.69) is 46.9 Å². The molecule has 4 nitrogen and oxygen atoms in total. The molecule has 0 aliphatic carbocycles. The van der Waals surface area contributed by atoms with Gasteiger partial charge in [0.15, 0.2) is 0 Å². The fourth-order valence-electron chi connectivity index (χ4n) is 3.59. The number of aliphatic hydroxyl groups is 1. The molecular weight excluding hydrogens is 635 g/mol. The zero-order chi connectivity index (χ0) is 23.8. The maximum Gasteiger partial charge on any atom is 2.00 e. The second-order valence-electron chi connectivity index (χ2n) is 7.46. The van der Waals surface area contributed by atoms with Gasteiger partial charge >= 0.3 is 21.1 Å². The SMILES string of the molecule is COc1c[c-]c(-c2cc(CS)ccn2)c(CO)c1.[Pt+2].[c-]1ccccc1-c1nccc2ccccc12. The number of nitrogens with zero attached hydrogens (tertiary/aromatic N) is 2. The number of fused-ring (bicyclic) bond motifs is 1. The summed E-state index contributed by atoms with van der Waals surface area (Å²) in [6.07, 6.45) is 3.58. The molecule has 0 amide bonds. The smallest absolute Gasteiger partial charge is 0.540 e. The maximum absolute atomic E-state index is 9.41. The number of benzene rings is 3. The molecule has 0 aliphatic heterocycles. The number of rotatable bonds is 5. The summed E-state index contributed by atoms with van der Waals surface area (Å²) in [5.74, 6) is 1.33. The average Bonchev–Trinajstić information content (AvgIpc) is 2.93. The fraction of sp³-hybridized carbons (Fsp3) is 0.103. The van der Waals surface area contributed by atoms with E-state index >= 15 is 0 Å². The van der Waals surface area contributed by atoms with Crippen LogP contribution < -0.4 is 4.74 Å². The maximum atomic E-state index is 9.41. The largest absolute Gasteiger partial charge is 2.00 e. The summed E-state index contributed by atoms with van der Waals surface area (Å²) < 4.78 is 5.12. The van der Waals surface area contributed by atoms with E-state index in [0.29, 0.717) is 11.5 Å². The van der Waals surface area contributed by atoms with Crippen LogP contribution in [0.5, 0.6) is 5.75 Å². The third-order valence-corrected chi connectivity index (χ3v) is 5.67. The van der Waals surface area contributed by atoms with Gasteiger partial charge in [0.1, 0.15) is 0 Å². The Balaban J connectivity index is 0.000000191. The van der Waals surface area contributed by atoms with E-state index in [4.69, 9.17) is 4.74 Å². The Bertz CT molecular complexity index is 1370. The average molecular weight is 660 g/mol. The second kappa shape index (κ2) is 13.2. The van der Waals surface area contributed by atoms with E-state index in [1.165, 1.54) is 10.8 Å². The minimum absolute atomic E-state index is 0. The Morgan fingerprint density at radius 3 is 2.49 bits per heavy atom. The molecule has 178 valence electrons. The van der Waals surface area contributed by atoms with Gasteiger partial charge in [-0.1, -0.05) is 42.0 Å². The molecule has 0 spiro atoms. The van der Waals surface area contributed by atoms with Crippen LogP contribution in [0.4, 0.5) is 0 Å². The first-order valence-corrected chi connectivity index (χ1v) is 11.4. The molecule has 5 aromatic rings. The van der Waals surface area contributed by atoms with E-state index in [9.17, 15) is 5.11 Å². The van der Waals surface area contributed by atoms with Crippen molar-refractivity contribution >= 4 is 23.4 Å². The predicted molar refractivity (Wildman–Crippen MR) is 140 cm³/mol. The summed E-state index contributed by atoms with van der Waals surface area (Å²) in [4.78, 5) is 8.75. The Morgan fingerprint density at radius 2 is 1.74 bits per heavy atom. The van der Waals surface area contributed by atoms with Crippen LogP contribution >= 0.6 is 12.6 Å². The van der Waals surface area contributed by atoms with Crippen LogP contribution in [0.2, 0.25) is 0 Å². The van der Waals surface area contributed by atoms with Crippen LogP contribution in [-0.4, -0.2) is 22.2 Å². The Morgan fingerprint density at radius 1 is 0.943 bits per heavy atom. The third kappa shape index (κ3) is 6.58. The van der Waals surface area contributed by atoms with Crippen molar-refractivity contribution in [3.05, 3.63) is 115 Å². The quantitative estimate of drug-likeness (QED) is 0.175. The Kier molecular flexibility index (Phi) is 10.0. The number of ether oxygens (including phenoxy) is 1. The van der Waals surface area contributed by atoms with Gasteiger partial charge in [-0.3, -0.25) is 0 Å². The van der Waals surface area contributed by atoms with Crippen molar-refractivity contribution in [2.75, 3.05) is 7.11 Å². The molecule has 3 aromatic carbocycles. The van der Waals surface area contributed by atoms with Gasteiger partial charge in [0.25, 0.3) is 0 Å². The number of hydrogen-bond donors (Lipinski definition) is 2. The van der Waals surface area contributed by atoms with Gasteiger partial charge < -0.3 is 19.8 Å². The van der Waals surface area contributed by atoms with E-state index in [0.717, 1.165) is 33.6 Å². The summed E-state index contributed by atoms with van der Waals surface area (Å²) in [6, 6.07) is 31.9. The van der Waals surface area contributed by atoms with E-state index in [1.54, 1.807) is 25.4 Å². The number of aromatic nitrogens is 2. The molecule has 0 saturated carbocycles. The normalized spacial score (nSPS) is 10.1. The van der Waals surface area contributed by atoms with Crippen molar-refractivity contribution in [3.8, 4) is 28.3 Å². The van der Waals surface area contributed by atoms with Gasteiger partial charge in [-0.05, 0) is 39.9 Å². The van der Waals surface area contributed by atoms with Crippen molar-refractivity contribution in [2.45, 2.75) is 12.4 Å². The van der Waals surface area contributed by atoms with E-state index in [-0.39, 0.29) is 27.7 Å². The van der Waals surface area contributed by atoms with Crippen LogP contribution in [0, 0.1) is 12.1 Å². The summed E-state index contributed by atoms with van der Waals surface area (Å²) in [5, 5.41) is 11.8. The molecule has 0 unspecified atom stereocenters. The van der Waals surface area contributed by atoms with Crippen molar-refractivity contribution in [3.63, 3.8) is 0 Å². The minimum atomic E-state index is -0.0736. The van der Waals surface area contributed by atoms with Crippen molar-refractivity contribution in [2.24, 2.45) is 0 Å². The van der Waals surface area contributed by atoms with Gasteiger partial charge in [0, 0.05) is 30.5 Å². The van der Waals surface area contributed by atoms with Crippen LogP contribution in [0.1, 0.15) is 11.1 Å². The van der Waals surface area contributed by atoms with Gasteiger partial charge in [-0.15, -0.1) is 53.6 Å². The third-order valence-electron chi connectivity index (χ3n) is 5.30. The molecule has 0 atom stereocenters. The topological polar surface area (TPSA) is 55.2 Å². The van der Waals surface area contributed by atoms with Gasteiger partial charge in [-0.25, -0.2) is 0 Å². The number of hydrogen-bond acceptors (Lipinski definition) is 5.